The lowest BCUT2D eigenvalue weighted by atomic mass is 10.1. The second-order valence-electron chi connectivity index (χ2n) is 7.44. The molecule has 1 saturated carbocycles. The van der Waals surface area contributed by atoms with Crippen LogP contribution in [0.15, 0.2) is 42.6 Å². The molecule has 1 aromatic carbocycles. The van der Waals surface area contributed by atoms with Crippen molar-refractivity contribution in [3.8, 4) is 0 Å². The molecule has 1 heterocycles. The predicted octanol–water partition coefficient (Wildman–Crippen LogP) is 4.84. The van der Waals surface area contributed by atoms with Gasteiger partial charge in [0.2, 0.25) is 0 Å². The summed E-state index contributed by atoms with van der Waals surface area (Å²) in [5.41, 5.74) is -0.691. The van der Waals surface area contributed by atoms with Gasteiger partial charge in [0, 0.05) is 17.9 Å². The summed E-state index contributed by atoms with van der Waals surface area (Å²) in [4.78, 5) is 28.6. The minimum atomic E-state index is -4.49. The highest BCUT2D eigenvalue weighted by Gasteiger charge is 2.30. The number of aromatic nitrogens is 1. The summed E-state index contributed by atoms with van der Waals surface area (Å²) in [6.07, 6.45) is 3.16. The molecule has 166 valence electrons. The van der Waals surface area contributed by atoms with E-state index in [0.717, 1.165) is 50.7 Å². The first kappa shape index (κ1) is 22.6. The Kier molecular flexibility index (Phi) is 7.49. The van der Waals surface area contributed by atoms with Gasteiger partial charge in [0.1, 0.15) is 11.4 Å². The Morgan fingerprint density at radius 3 is 2.52 bits per heavy atom. The third kappa shape index (κ3) is 6.70. The molecular weight excluding hydrogens is 411 g/mol. The Bertz CT molecular complexity index is 910. The molecule has 0 radical (unpaired) electrons. The highest BCUT2D eigenvalue weighted by atomic mass is 19.4. The highest BCUT2D eigenvalue weighted by molar-refractivity contribution is 5.96. The Labute approximate surface area is 178 Å². The van der Waals surface area contributed by atoms with Crippen molar-refractivity contribution in [2.45, 2.75) is 50.7 Å². The molecule has 1 amide bonds. The van der Waals surface area contributed by atoms with Crippen molar-refractivity contribution < 1.29 is 27.5 Å². The molecule has 0 bridgehead atoms. The fourth-order valence-corrected chi connectivity index (χ4v) is 3.48. The van der Waals surface area contributed by atoms with E-state index in [1.807, 2.05) is 0 Å². The van der Waals surface area contributed by atoms with Gasteiger partial charge in [-0.1, -0.05) is 31.7 Å². The van der Waals surface area contributed by atoms with Crippen molar-refractivity contribution in [1.82, 2.24) is 10.3 Å². The zero-order valence-corrected chi connectivity index (χ0v) is 16.9. The van der Waals surface area contributed by atoms with Gasteiger partial charge in [0.15, 0.2) is 6.61 Å². The van der Waals surface area contributed by atoms with Crippen LogP contribution in [0.5, 0.6) is 0 Å². The highest BCUT2D eigenvalue weighted by Crippen LogP contribution is 2.31. The molecule has 0 atom stereocenters. The normalized spacial score (nSPS) is 15.1. The van der Waals surface area contributed by atoms with Crippen LogP contribution in [0.2, 0.25) is 0 Å². The van der Waals surface area contributed by atoms with Crippen LogP contribution in [-0.2, 0) is 15.7 Å². The zero-order valence-electron chi connectivity index (χ0n) is 16.9. The first-order chi connectivity index (χ1) is 14.8. The molecule has 0 saturated heterocycles. The summed E-state index contributed by atoms with van der Waals surface area (Å²) >= 11 is 0. The van der Waals surface area contributed by atoms with Crippen LogP contribution in [0.3, 0.4) is 0 Å². The van der Waals surface area contributed by atoms with E-state index in [-0.39, 0.29) is 29.0 Å². The Morgan fingerprint density at radius 2 is 1.81 bits per heavy atom. The van der Waals surface area contributed by atoms with Crippen molar-refractivity contribution in [1.29, 1.82) is 0 Å². The van der Waals surface area contributed by atoms with Crippen LogP contribution in [-0.4, -0.2) is 29.5 Å². The lowest BCUT2D eigenvalue weighted by molar-refractivity contribution is -0.137. The largest absolute Gasteiger partial charge is 0.452 e. The molecule has 2 aromatic rings. The standard InChI is InChI=1S/C22H24F3N3O3/c23-22(24,25)15-7-5-10-17(13-15)28-20-18(11-6-12-26-20)21(30)31-14-19(29)27-16-8-3-1-2-4-9-16/h5-7,10-13,16H,1-4,8-9,14H2,(H,26,28)(H,27,29). The molecule has 1 fully saturated rings. The summed E-state index contributed by atoms with van der Waals surface area (Å²) in [5, 5.41) is 5.60. The van der Waals surface area contributed by atoms with E-state index in [9.17, 15) is 22.8 Å². The van der Waals surface area contributed by atoms with Crippen molar-refractivity contribution in [2.75, 3.05) is 11.9 Å². The summed E-state index contributed by atoms with van der Waals surface area (Å²) < 4.78 is 43.9. The number of hydrogen-bond acceptors (Lipinski definition) is 5. The molecule has 1 aromatic heterocycles. The van der Waals surface area contributed by atoms with Gasteiger partial charge in [0.05, 0.1) is 5.56 Å². The van der Waals surface area contributed by atoms with Gasteiger partial charge in [-0.25, -0.2) is 9.78 Å². The molecule has 1 aliphatic rings. The summed E-state index contributed by atoms with van der Waals surface area (Å²) in [7, 11) is 0. The van der Waals surface area contributed by atoms with Crippen LogP contribution >= 0.6 is 0 Å². The van der Waals surface area contributed by atoms with Crippen molar-refractivity contribution in [3.63, 3.8) is 0 Å². The number of nitrogens with zero attached hydrogens (tertiary/aromatic N) is 1. The Hall–Kier alpha value is -3.10. The van der Waals surface area contributed by atoms with Gasteiger partial charge < -0.3 is 15.4 Å². The van der Waals surface area contributed by atoms with Crippen LogP contribution in [0, 0.1) is 0 Å². The van der Waals surface area contributed by atoms with Crippen LogP contribution < -0.4 is 10.6 Å². The number of alkyl halides is 3. The van der Waals surface area contributed by atoms with E-state index in [4.69, 9.17) is 4.74 Å². The number of hydrogen-bond donors (Lipinski definition) is 2. The van der Waals surface area contributed by atoms with Crippen molar-refractivity contribution >= 4 is 23.4 Å². The number of nitrogens with one attached hydrogen (secondary N) is 2. The van der Waals surface area contributed by atoms with Crippen molar-refractivity contribution in [3.05, 3.63) is 53.7 Å². The molecule has 1 aliphatic carbocycles. The summed E-state index contributed by atoms with van der Waals surface area (Å²) in [6, 6.07) is 7.57. The van der Waals surface area contributed by atoms with E-state index < -0.39 is 24.3 Å². The number of rotatable bonds is 6. The number of esters is 1. The molecule has 3 rings (SSSR count). The summed E-state index contributed by atoms with van der Waals surface area (Å²) in [5.74, 6) is -1.13. The zero-order chi connectivity index (χ0) is 22.3. The number of carbonyl (C=O) groups is 2. The summed E-state index contributed by atoms with van der Waals surface area (Å²) in [6.45, 7) is -0.437. The molecule has 31 heavy (non-hydrogen) atoms. The number of ether oxygens (including phenoxy) is 1. The molecule has 0 aliphatic heterocycles. The average Bonchev–Trinajstić information content (AvgIpc) is 3.01. The van der Waals surface area contributed by atoms with Crippen LogP contribution in [0.4, 0.5) is 24.7 Å². The molecule has 0 spiro atoms. The van der Waals surface area contributed by atoms with Gasteiger partial charge >= 0.3 is 12.1 Å². The fraction of sp³-hybridized carbons (Fsp3) is 0.409. The number of anilines is 2. The second kappa shape index (κ2) is 10.3. The first-order valence-corrected chi connectivity index (χ1v) is 10.2. The van der Waals surface area contributed by atoms with Crippen molar-refractivity contribution in [2.24, 2.45) is 0 Å². The van der Waals surface area contributed by atoms with Gasteiger partial charge in [-0.05, 0) is 43.2 Å². The predicted molar refractivity (Wildman–Crippen MR) is 109 cm³/mol. The average molecular weight is 435 g/mol. The molecule has 6 nitrogen and oxygen atoms in total. The molecule has 0 unspecified atom stereocenters. The topological polar surface area (TPSA) is 80.3 Å². The lowest BCUT2D eigenvalue weighted by Crippen LogP contribution is -2.37. The smallest absolute Gasteiger partial charge is 0.416 e. The molecule has 9 heteroatoms. The second-order valence-corrected chi connectivity index (χ2v) is 7.44. The van der Waals surface area contributed by atoms with E-state index >= 15 is 0 Å². The van der Waals surface area contributed by atoms with E-state index in [2.05, 4.69) is 15.6 Å². The van der Waals surface area contributed by atoms with Gasteiger partial charge in [-0.2, -0.15) is 13.2 Å². The van der Waals surface area contributed by atoms with E-state index in [1.54, 1.807) is 0 Å². The maximum Gasteiger partial charge on any atom is 0.416 e. The van der Waals surface area contributed by atoms with Gasteiger partial charge in [0.25, 0.3) is 5.91 Å². The maximum absolute atomic E-state index is 12.9. The number of amides is 1. The Morgan fingerprint density at radius 1 is 1.06 bits per heavy atom. The number of benzene rings is 1. The van der Waals surface area contributed by atoms with E-state index in [0.29, 0.717) is 0 Å². The third-order valence-corrected chi connectivity index (χ3v) is 5.03. The van der Waals surface area contributed by atoms with Crippen LogP contribution in [0.1, 0.15) is 54.4 Å². The fourth-order valence-electron chi connectivity index (χ4n) is 3.48. The molecular formula is C22H24F3N3O3. The minimum Gasteiger partial charge on any atom is -0.452 e. The Balaban J connectivity index is 1.62. The third-order valence-electron chi connectivity index (χ3n) is 5.03. The monoisotopic (exact) mass is 435 g/mol. The van der Waals surface area contributed by atoms with Crippen LogP contribution in [0.25, 0.3) is 0 Å². The minimum absolute atomic E-state index is 0.0159. The first-order valence-electron chi connectivity index (χ1n) is 10.2. The quantitative estimate of drug-likeness (QED) is 0.501. The SMILES string of the molecule is O=C(COC(=O)c1cccnc1Nc1cccc(C(F)(F)F)c1)NC1CCCCCC1. The van der Waals surface area contributed by atoms with E-state index in [1.165, 1.54) is 30.5 Å². The number of carbonyl (C=O) groups excluding carboxylic acids is 2. The van der Waals surface area contributed by atoms with Gasteiger partial charge in [-0.3, -0.25) is 4.79 Å². The lowest BCUT2D eigenvalue weighted by Gasteiger charge is -2.16. The number of halogens is 3. The van der Waals surface area contributed by atoms with Gasteiger partial charge in [-0.15, -0.1) is 0 Å². The maximum atomic E-state index is 12.9. The number of pyridine rings is 1. The molecule has 2 N–H and O–H groups in total.